The van der Waals surface area contributed by atoms with Gasteiger partial charge in [-0.3, -0.25) is 4.57 Å². The molecular weight excluding hydrogens is 215 g/mol. The second-order valence-corrected chi connectivity index (χ2v) is 5.44. The van der Waals surface area contributed by atoms with Crippen LogP contribution in [0.3, 0.4) is 0 Å². The molecule has 15 heavy (non-hydrogen) atoms. The van der Waals surface area contributed by atoms with E-state index in [-0.39, 0.29) is 6.16 Å². The molecule has 0 amide bonds. The molecule has 0 aliphatic rings. The topological polar surface area (TPSA) is 52.6 Å². The Kier molecular flexibility index (Phi) is 8.97. The molecule has 0 N–H and O–H groups in total. The molecule has 0 aromatic rings. The SMILES string of the molecule is CCCCOP(=O)(CC=O)OCCCC. The maximum Gasteiger partial charge on any atom is 0.337 e. The highest BCUT2D eigenvalue weighted by Gasteiger charge is 2.23. The summed E-state index contributed by atoms with van der Waals surface area (Å²) in [5, 5.41) is 0. The average Bonchev–Trinajstić information content (AvgIpc) is 2.19. The number of rotatable bonds is 10. The van der Waals surface area contributed by atoms with Crippen LogP contribution in [0.4, 0.5) is 0 Å². The number of hydrogen-bond acceptors (Lipinski definition) is 4. The van der Waals surface area contributed by atoms with Crippen molar-refractivity contribution in [2.45, 2.75) is 39.5 Å². The van der Waals surface area contributed by atoms with E-state index in [0.717, 1.165) is 25.7 Å². The molecule has 0 atom stereocenters. The summed E-state index contributed by atoms with van der Waals surface area (Å²) in [5.41, 5.74) is 0. The van der Waals surface area contributed by atoms with Crippen molar-refractivity contribution in [3.8, 4) is 0 Å². The van der Waals surface area contributed by atoms with E-state index in [0.29, 0.717) is 19.5 Å². The van der Waals surface area contributed by atoms with Gasteiger partial charge in [0.15, 0.2) is 0 Å². The average molecular weight is 236 g/mol. The maximum atomic E-state index is 11.9. The van der Waals surface area contributed by atoms with Crippen LogP contribution in [0.1, 0.15) is 39.5 Å². The molecule has 0 rings (SSSR count). The van der Waals surface area contributed by atoms with Crippen molar-refractivity contribution >= 4 is 13.9 Å². The first-order chi connectivity index (χ1) is 7.18. The van der Waals surface area contributed by atoms with Crippen LogP contribution in [0.2, 0.25) is 0 Å². The normalized spacial score (nSPS) is 11.6. The third kappa shape index (κ3) is 7.71. The first-order valence-corrected chi connectivity index (χ1v) is 7.23. The molecule has 0 aromatic heterocycles. The van der Waals surface area contributed by atoms with Crippen LogP contribution in [-0.2, 0) is 18.4 Å². The zero-order chi connectivity index (χ0) is 11.6. The molecule has 90 valence electrons. The fourth-order valence-corrected chi connectivity index (χ4v) is 2.21. The molecule has 0 fully saturated rings. The molecule has 0 saturated heterocycles. The molecule has 0 aliphatic carbocycles. The van der Waals surface area contributed by atoms with Gasteiger partial charge >= 0.3 is 7.60 Å². The molecule has 0 aliphatic heterocycles. The van der Waals surface area contributed by atoms with Gasteiger partial charge in [0, 0.05) is 0 Å². The highest BCUT2D eigenvalue weighted by Crippen LogP contribution is 2.47. The summed E-state index contributed by atoms with van der Waals surface area (Å²) >= 11 is 0. The first-order valence-electron chi connectivity index (χ1n) is 5.50. The summed E-state index contributed by atoms with van der Waals surface area (Å²) in [6.07, 6.45) is 4.06. The first kappa shape index (κ1) is 14.8. The molecule has 0 heterocycles. The molecule has 0 spiro atoms. The van der Waals surface area contributed by atoms with E-state index in [2.05, 4.69) is 0 Å². The van der Waals surface area contributed by atoms with Crippen molar-refractivity contribution in [3.05, 3.63) is 0 Å². The standard InChI is InChI=1S/C10H21O4P/c1-3-5-8-13-15(12,10-7-11)14-9-6-4-2/h7H,3-6,8-10H2,1-2H3. The van der Waals surface area contributed by atoms with Crippen molar-refractivity contribution in [3.63, 3.8) is 0 Å². The third-order valence-corrected chi connectivity index (χ3v) is 3.62. The van der Waals surface area contributed by atoms with Crippen molar-refractivity contribution < 1.29 is 18.4 Å². The Morgan fingerprint density at radius 2 is 1.53 bits per heavy atom. The number of carbonyl (C=O) groups excluding carboxylic acids is 1. The number of hydrogen-bond donors (Lipinski definition) is 0. The Bertz CT molecular complexity index is 192. The van der Waals surface area contributed by atoms with Crippen molar-refractivity contribution in [2.24, 2.45) is 0 Å². The van der Waals surface area contributed by atoms with Gasteiger partial charge in [-0.15, -0.1) is 0 Å². The fourth-order valence-electron chi connectivity index (χ4n) is 0.930. The minimum Gasteiger partial charge on any atom is -0.308 e. The zero-order valence-electron chi connectivity index (χ0n) is 9.61. The van der Waals surface area contributed by atoms with E-state index < -0.39 is 7.60 Å². The lowest BCUT2D eigenvalue weighted by Crippen LogP contribution is -2.03. The van der Waals surface area contributed by atoms with Gasteiger partial charge in [0.05, 0.1) is 13.2 Å². The molecule has 0 unspecified atom stereocenters. The molecule has 0 radical (unpaired) electrons. The molecule has 5 heteroatoms. The molecule has 4 nitrogen and oxygen atoms in total. The van der Waals surface area contributed by atoms with Gasteiger partial charge in [-0.25, -0.2) is 0 Å². The van der Waals surface area contributed by atoms with Gasteiger partial charge in [-0.2, -0.15) is 0 Å². The predicted molar refractivity (Wildman–Crippen MR) is 60.3 cm³/mol. The Morgan fingerprint density at radius 3 is 1.87 bits per heavy atom. The Balaban J connectivity index is 3.94. The van der Waals surface area contributed by atoms with Gasteiger partial charge in [0.2, 0.25) is 0 Å². The molecule has 0 aromatic carbocycles. The lowest BCUT2D eigenvalue weighted by Gasteiger charge is -2.15. The summed E-state index contributed by atoms with van der Waals surface area (Å²) in [6.45, 7) is 4.83. The van der Waals surface area contributed by atoms with Gasteiger partial charge in [0.1, 0.15) is 12.4 Å². The third-order valence-electron chi connectivity index (χ3n) is 1.87. The monoisotopic (exact) mass is 236 g/mol. The lowest BCUT2D eigenvalue weighted by atomic mass is 10.4. The van der Waals surface area contributed by atoms with Crippen LogP contribution < -0.4 is 0 Å². The largest absolute Gasteiger partial charge is 0.337 e. The van der Waals surface area contributed by atoms with Crippen LogP contribution in [0.25, 0.3) is 0 Å². The lowest BCUT2D eigenvalue weighted by molar-refractivity contribution is -0.106. The van der Waals surface area contributed by atoms with Crippen molar-refractivity contribution in [1.82, 2.24) is 0 Å². The molecular formula is C10H21O4P. The Hall–Kier alpha value is -0.180. The summed E-state index contributed by atoms with van der Waals surface area (Å²) in [6, 6.07) is 0. The van der Waals surface area contributed by atoms with Crippen molar-refractivity contribution in [2.75, 3.05) is 19.4 Å². The van der Waals surface area contributed by atoms with Crippen LogP contribution in [0.5, 0.6) is 0 Å². The fraction of sp³-hybridized carbons (Fsp3) is 0.900. The second-order valence-electron chi connectivity index (χ2n) is 3.33. The van der Waals surface area contributed by atoms with Crippen molar-refractivity contribution in [1.29, 1.82) is 0 Å². The van der Waals surface area contributed by atoms with Gasteiger partial charge in [-0.05, 0) is 12.8 Å². The van der Waals surface area contributed by atoms with Crippen LogP contribution in [-0.4, -0.2) is 25.7 Å². The second kappa shape index (κ2) is 9.08. The number of unbranched alkanes of at least 4 members (excludes halogenated alkanes) is 2. The number of carbonyl (C=O) groups is 1. The highest BCUT2D eigenvalue weighted by molar-refractivity contribution is 7.54. The smallest absolute Gasteiger partial charge is 0.308 e. The minimum absolute atomic E-state index is 0.138. The van der Waals surface area contributed by atoms with E-state index in [9.17, 15) is 9.36 Å². The summed E-state index contributed by atoms with van der Waals surface area (Å²) < 4.78 is 22.2. The minimum atomic E-state index is -3.15. The molecule has 0 saturated carbocycles. The van der Waals surface area contributed by atoms with Gasteiger partial charge in [-0.1, -0.05) is 26.7 Å². The van der Waals surface area contributed by atoms with Gasteiger partial charge < -0.3 is 13.8 Å². The van der Waals surface area contributed by atoms with E-state index in [1.165, 1.54) is 0 Å². The summed E-state index contributed by atoms with van der Waals surface area (Å²) in [7, 11) is -3.15. The molecule has 0 bridgehead atoms. The summed E-state index contributed by atoms with van der Waals surface area (Å²) in [4.78, 5) is 10.4. The summed E-state index contributed by atoms with van der Waals surface area (Å²) in [5.74, 6) is 0. The Morgan fingerprint density at radius 1 is 1.07 bits per heavy atom. The van der Waals surface area contributed by atoms with E-state index >= 15 is 0 Å². The zero-order valence-corrected chi connectivity index (χ0v) is 10.5. The van der Waals surface area contributed by atoms with E-state index in [4.69, 9.17) is 9.05 Å². The van der Waals surface area contributed by atoms with Gasteiger partial charge in [0.25, 0.3) is 0 Å². The van der Waals surface area contributed by atoms with Crippen LogP contribution >= 0.6 is 7.60 Å². The predicted octanol–water partition coefficient (Wildman–Crippen LogP) is 3.01. The Labute approximate surface area is 91.9 Å². The van der Waals surface area contributed by atoms with E-state index in [1.807, 2.05) is 13.8 Å². The van der Waals surface area contributed by atoms with Crippen LogP contribution in [0, 0.1) is 0 Å². The number of aldehydes is 1. The van der Waals surface area contributed by atoms with Crippen LogP contribution in [0.15, 0.2) is 0 Å². The maximum absolute atomic E-state index is 11.9. The highest BCUT2D eigenvalue weighted by atomic mass is 31.2. The van der Waals surface area contributed by atoms with E-state index in [1.54, 1.807) is 0 Å². The quantitative estimate of drug-likeness (QED) is 0.332.